The predicted octanol–water partition coefficient (Wildman–Crippen LogP) is 4.18. The smallest absolute Gasteiger partial charge is 0.152 e. The summed E-state index contributed by atoms with van der Waals surface area (Å²) in [5.74, 6) is 0.931. The van der Waals surface area contributed by atoms with Crippen LogP contribution in [0.25, 0.3) is 0 Å². The molecule has 0 heterocycles. The SMILES string of the molecule is CC(C)S(=O)(=O)CC1CCC(C(=O)CCCOCc2ccccc2)CC1. The fourth-order valence-electron chi connectivity index (χ4n) is 3.49. The first kappa shape index (κ1) is 21.1. The lowest BCUT2D eigenvalue weighted by Gasteiger charge is -2.28. The molecule has 0 unspecified atom stereocenters. The van der Waals surface area contributed by atoms with Gasteiger partial charge in [0.2, 0.25) is 0 Å². The van der Waals surface area contributed by atoms with Crippen molar-refractivity contribution in [2.75, 3.05) is 12.4 Å². The topological polar surface area (TPSA) is 60.4 Å². The zero-order chi connectivity index (χ0) is 19.0. The van der Waals surface area contributed by atoms with Crippen molar-refractivity contribution in [3.63, 3.8) is 0 Å². The molecule has 1 aromatic rings. The van der Waals surface area contributed by atoms with Crippen LogP contribution < -0.4 is 0 Å². The van der Waals surface area contributed by atoms with Gasteiger partial charge in [-0.25, -0.2) is 8.42 Å². The number of Topliss-reactive ketones (excluding diaryl/α,β-unsaturated/α-hetero) is 1. The molecular weight excluding hydrogens is 348 g/mol. The number of carbonyl (C=O) groups excluding carboxylic acids is 1. The van der Waals surface area contributed by atoms with Crippen molar-refractivity contribution in [1.82, 2.24) is 0 Å². The second-order valence-electron chi connectivity index (χ2n) is 7.70. The quantitative estimate of drug-likeness (QED) is 0.571. The van der Waals surface area contributed by atoms with Crippen LogP contribution in [0.1, 0.15) is 57.9 Å². The Kier molecular flexibility index (Phi) is 8.29. The Morgan fingerprint density at radius 1 is 1.12 bits per heavy atom. The minimum Gasteiger partial charge on any atom is -0.377 e. The molecule has 1 aliphatic carbocycles. The Bertz CT molecular complexity index is 644. The second kappa shape index (κ2) is 10.2. The summed E-state index contributed by atoms with van der Waals surface area (Å²) >= 11 is 0. The standard InChI is InChI=1S/C21H32O4S/c1-17(2)26(23,24)16-19-10-12-20(13-11-19)21(22)9-6-14-25-15-18-7-4-3-5-8-18/h3-5,7-8,17,19-20H,6,9-16H2,1-2H3. The van der Waals surface area contributed by atoms with Gasteiger partial charge in [-0.15, -0.1) is 0 Å². The number of hydrogen-bond acceptors (Lipinski definition) is 4. The van der Waals surface area contributed by atoms with Crippen LogP contribution in [0.15, 0.2) is 30.3 Å². The summed E-state index contributed by atoms with van der Waals surface area (Å²) in [5, 5.41) is -0.308. The molecule has 0 atom stereocenters. The van der Waals surface area contributed by atoms with Gasteiger partial charge in [-0.2, -0.15) is 0 Å². The lowest BCUT2D eigenvalue weighted by Crippen LogP contribution is -2.28. The highest BCUT2D eigenvalue weighted by atomic mass is 32.2. The van der Waals surface area contributed by atoms with Gasteiger partial charge in [0.15, 0.2) is 9.84 Å². The number of rotatable bonds is 10. The van der Waals surface area contributed by atoms with Gasteiger partial charge in [0.05, 0.1) is 17.6 Å². The summed E-state index contributed by atoms with van der Waals surface area (Å²) in [6, 6.07) is 10.0. The number of sulfone groups is 1. The zero-order valence-electron chi connectivity index (χ0n) is 16.0. The molecule has 1 fully saturated rings. The zero-order valence-corrected chi connectivity index (χ0v) is 16.8. The lowest BCUT2D eigenvalue weighted by atomic mass is 9.80. The highest BCUT2D eigenvalue weighted by molar-refractivity contribution is 7.91. The monoisotopic (exact) mass is 380 g/mol. The van der Waals surface area contributed by atoms with Crippen molar-refractivity contribution in [2.45, 2.75) is 64.2 Å². The van der Waals surface area contributed by atoms with Crippen molar-refractivity contribution in [1.29, 1.82) is 0 Å². The Morgan fingerprint density at radius 2 is 1.77 bits per heavy atom. The van der Waals surface area contributed by atoms with Crippen molar-refractivity contribution >= 4 is 15.6 Å². The van der Waals surface area contributed by atoms with Crippen LogP contribution in [0, 0.1) is 11.8 Å². The van der Waals surface area contributed by atoms with E-state index in [4.69, 9.17) is 4.74 Å². The van der Waals surface area contributed by atoms with E-state index in [2.05, 4.69) is 0 Å². The van der Waals surface area contributed by atoms with E-state index in [9.17, 15) is 13.2 Å². The first-order valence-corrected chi connectivity index (χ1v) is 11.5. The molecule has 26 heavy (non-hydrogen) atoms. The van der Waals surface area contributed by atoms with Crippen LogP contribution in [0.4, 0.5) is 0 Å². The van der Waals surface area contributed by atoms with E-state index in [0.29, 0.717) is 25.4 Å². The average molecular weight is 381 g/mol. The largest absolute Gasteiger partial charge is 0.377 e. The maximum atomic E-state index is 12.4. The normalized spacial score (nSPS) is 21.0. The van der Waals surface area contributed by atoms with E-state index in [1.165, 1.54) is 0 Å². The molecule has 4 nitrogen and oxygen atoms in total. The molecule has 1 saturated carbocycles. The number of hydrogen-bond donors (Lipinski definition) is 0. The fourth-order valence-corrected chi connectivity index (χ4v) is 4.86. The number of benzene rings is 1. The van der Waals surface area contributed by atoms with E-state index in [1.54, 1.807) is 13.8 Å². The first-order valence-electron chi connectivity index (χ1n) is 9.74. The first-order chi connectivity index (χ1) is 12.4. The molecule has 0 N–H and O–H groups in total. The van der Waals surface area contributed by atoms with E-state index in [1.807, 2.05) is 30.3 Å². The van der Waals surface area contributed by atoms with Crippen molar-refractivity contribution < 1.29 is 17.9 Å². The van der Waals surface area contributed by atoms with Crippen molar-refractivity contribution in [2.24, 2.45) is 11.8 Å². The molecule has 0 amide bonds. The molecule has 2 rings (SSSR count). The second-order valence-corrected chi connectivity index (χ2v) is 10.3. The van der Waals surface area contributed by atoms with Crippen molar-refractivity contribution in [3.8, 4) is 0 Å². The van der Waals surface area contributed by atoms with Crippen LogP contribution in [-0.4, -0.2) is 31.8 Å². The fraction of sp³-hybridized carbons (Fsp3) is 0.667. The molecular formula is C21H32O4S. The minimum atomic E-state index is -2.98. The van der Waals surface area contributed by atoms with Gasteiger partial charge in [-0.3, -0.25) is 4.79 Å². The van der Waals surface area contributed by atoms with Crippen molar-refractivity contribution in [3.05, 3.63) is 35.9 Å². The molecule has 5 heteroatoms. The number of ether oxygens (including phenoxy) is 1. The van der Waals surface area contributed by atoms with Crippen LogP contribution in [0.5, 0.6) is 0 Å². The van der Waals surface area contributed by atoms with Crippen LogP contribution in [0.3, 0.4) is 0 Å². The Morgan fingerprint density at radius 3 is 2.38 bits per heavy atom. The Balaban J connectivity index is 1.61. The van der Waals surface area contributed by atoms with Gasteiger partial charge in [-0.1, -0.05) is 30.3 Å². The van der Waals surface area contributed by atoms with Gasteiger partial charge in [0.25, 0.3) is 0 Å². The highest BCUT2D eigenvalue weighted by Gasteiger charge is 2.29. The Hall–Kier alpha value is -1.20. The summed E-state index contributed by atoms with van der Waals surface area (Å²) in [7, 11) is -2.98. The molecule has 0 saturated heterocycles. The molecule has 0 aromatic heterocycles. The maximum Gasteiger partial charge on any atom is 0.152 e. The predicted molar refractivity (Wildman–Crippen MR) is 105 cm³/mol. The van der Waals surface area contributed by atoms with Gasteiger partial charge < -0.3 is 4.74 Å². The third-order valence-electron chi connectivity index (χ3n) is 5.31. The van der Waals surface area contributed by atoms with Gasteiger partial charge in [0, 0.05) is 18.9 Å². The van der Waals surface area contributed by atoms with Gasteiger partial charge in [0.1, 0.15) is 5.78 Å². The molecule has 0 spiro atoms. The van der Waals surface area contributed by atoms with Crippen LogP contribution in [-0.2, 0) is 26.0 Å². The van der Waals surface area contributed by atoms with Gasteiger partial charge >= 0.3 is 0 Å². The average Bonchev–Trinajstić information content (AvgIpc) is 2.62. The van der Waals surface area contributed by atoms with E-state index >= 15 is 0 Å². The Labute approximate surface area is 158 Å². The summed E-state index contributed by atoms with van der Waals surface area (Å²) < 4.78 is 29.7. The highest BCUT2D eigenvalue weighted by Crippen LogP contribution is 2.31. The lowest BCUT2D eigenvalue weighted by molar-refractivity contribution is -0.124. The van der Waals surface area contributed by atoms with E-state index in [0.717, 1.165) is 37.7 Å². The summed E-state index contributed by atoms with van der Waals surface area (Å²) in [4.78, 5) is 12.4. The van der Waals surface area contributed by atoms with Crippen LogP contribution >= 0.6 is 0 Å². The molecule has 0 bridgehead atoms. The van der Waals surface area contributed by atoms with Gasteiger partial charge in [-0.05, 0) is 57.4 Å². The molecule has 0 aliphatic heterocycles. The van der Waals surface area contributed by atoms with E-state index in [-0.39, 0.29) is 22.8 Å². The third-order valence-corrected chi connectivity index (χ3v) is 7.68. The summed E-state index contributed by atoms with van der Waals surface area (Å²) in [5.41, 5.74) is 1.15. The maximum absolute atomic E-state index is 12.4. The molecule has 0 radical (unpaired) electrons. The number of ketones is 1. The minimum absolute atomic E-state index is 0.113. The summed E-state index contributed by atoms with van der Waals surface area (Å²) in [6.45, 7) is 4.67. The van der Waals surface area contributed by atoms with Crippen LogP contribution in [0.2, 0.25) is 0 Å². The number of carbonyl (C=O) groups is 1. The van der Waals surface area contributed by atoms with E-state index < -0.39 is 9.84 Å². The summed E-state index contributed by atoms with van der Waals surface area (Å²) in [6.07, 6.45) is 4.70. The molecule has 1 aliphatic rings. The molecule has 1 aromatic carbocycles. The molecule has 146 valence electrons. The third kappa shape index (κ3) is 6.84.